The van der Waals surface area contributed by atoms with E-state index in [0.717, 1.165) is 0 Å². The number of hydrogen-bond acceptors (Lipinski definition) is 6. The number of ether oxygens (including phenoxy) is 2. The van der Waals surface area contributed by atoms with Gasteiger partial charge in [-0.15, -0.1) is 11.3 Å². The van der Waals surface area contributed by atoms with Gasteiger partial charge in [-0.05, 0) is 0 Å². The minimum absolute atomic E-state index is 0.0500. The molecule has 2 N–H and O–H groups in total. The monoisotopic (exact) mass is 314 g/mol. The Morgan fingerprint density at radius 2 is 2.05 bits per heavy atom. The Morgan fingerprint density at radius 1 is 1.35 bits per heavy atom. The van der Waals surface area contributed by atoms with Crippen LogP contribution in [0.1, 0.15) is 10.5 Å². The van der Waals surface area contributed by atoms with E-state index in [0.29, 0.717) is 27.2 Å². The average Bonchev–Trinajstić information content (AvgIpc) is 2.88. The number of anilines is 2. The lowest BCUT2D eigenvalue weighted by atomic mass is 10.2. The van der Waals surface area contributed by atoms with Gasteiger partial charge in [0.15, 0.2) is 5.69 Å². The number of aromatic carboxylic acids is 1. The highest BCUT2D eigenvalue weighted by molar-refractivity contribution is 7.14. The van der Waals surface area contributed by atoms with Gasteiger partial charge in [0, 0.05) is 12.1 Å². The summed E-state index contributed by atoms with van der Waals surface area (Å²) in [5, 5.41) is 12.8. The Hall–Kier alpha value is -1.99. The quantitative estimate of drug-likeness (QED) is 0.881. The van der Waals surface area contributed by atoms with Crippen LogP contribution in [0.3, 0.4) is 0 Å². The van der Waals surface area contributed by atoms with Crippen LogP contribution < -0.4 is 14.8 Å². The van der Waals surface area contributed by atoms with E-state index < -0.39 is 5.97 Å². The van der Waals surface area contributed by atoms with Crippen molar-refractivity contribution in [3.05, 3.63) is 28.4 Å². The molecule has 0 fully saturated rings. The molecule has 0 saturated heterocycles. The second-order valence-corrected chi connectivity index (χ2v) is 4.91. The molecule has 0 unspecified atom stereocenters. The van der Waals surface area contributed by atoms with E-state index in [2.05, 4.69) is 10.3 Å². The molecule has 6 nitrogen and oxygen atoms in total. The van der Waals surface area contributed by atoms with Crippen LogP contribution in [0.25, 0.3) is 0 Å². The Kier molecular flexibility index (Phi) is 4.31. The SMILES string of the molecule is COc1cc(Nc2scnc2C(=O)O)c(OC)cc1Cl. The summed E-state index contributed by atoms with van der Waals surface area (Å²) in [7, 11) is 2.99. The van der Waals surface area contributed by atoms with Crippen LogP contribution in [0.2, 0.25) is 5.02 Å². The van der Waals surface area contributed by atoms with Crippen LogP contribution in [0, 0.1) is 0 Å². The molecule has 0 aliphatic rings. The van der Waals surface area contributed by atoms with Gasteiger partial charge in [0.05, 0.1) is 30.4 Å². The fourth-order valence-electron chi connectivity index (χ4n) is 1.57. The second-order valence-electron chi connectivity index (χ2n) is 3.65. The number of benzene rings is 1. The Balaban J connectivity index is 2.42. The lowest BCUT2D eigenvalue weighted by molar-refractivity contribution is 0.0692. The number of halogens is 1. The number of thiazole rings is 1. The number of nitrogens with one attached hydrogen (secondary N) is 1. The van der Waals surface area contributed by atoms with Gasteiger partial charge in [0.25, 0.3) is 0 Å². The highest BCUT2D eigenvalue weighted by Crippen LogP contribution is 2.38. The molecule has 0 aliphatic heterocycles. The first-order valence-electron chi connectivity index (χ1n) is 5.42. The molecule has 0 aliphatic carbocycles. The Labute approximate surface area is 123 Å². The van der Waals surface area contributed by atoms with Crippen LogP contribution in [0.15, 0.2) is 17.6 Å². The van der Waals surface area contributed by atoms with E-state index >= 15 is 0 Å². The van der Waals surface area contributed by atoms with Gasteiger partial charge in [0.1, 0.15) is 16.5 Å². The van der Waals surface area contributed by atoms with Crippen molar-refractivity contribution < 1.29 is 19.4 Å². The van der Waals surface area contributed by atoms with Gasteiger partial charge in [-0.1, -0.05) is 11.6 Å². The van der Waals surface area contributed by atoms with Crippen molar-refractivity contribution in [3.8, 4) is 11.5 Å². The molecule has 1 aromatic carbocycles. The molecule has 1 heterocycles. The summed E-state index contributed by atoms with van der Waals surface area (Å²) < 4.78 is 10.3. The van der Waals surface area contributed by atoms with E-state index in [1.807, 2.05) is 0 Å². The molecule has 0 saturated carbocycles. The fourth-order valence-corrected chi connectivity index (χ4v) is 2.48. The molecule has 0 bridgehead atoms. The first kappa shape index (κ1) is 14.4. The maximum absolute atomic E-state index is 11.0. The molecule has 0 amide bonds. The molecular formula is C12H11ClN2O4S. The topological polar surface area (TPSA) is 80.7 Å². The highest BCUT2D eigenvalue weighted by Gasteiger charge is 2.16. The summed E-state index contributed by atoms with van der Waals surface area (Å²) in [5.41, 5.74) is 1.94. The summed E-state index contributed by atoms with van der Waals surface area (Å²) in [6.45, 7) is 0. The number of carboxylic acids is 1. The van der Waals surface area contributed by atoms with E-state index in [1.54, 1.807) is 12.1 Å². The first-order valence-corrected chi connectivity index (χ1v) is 6.68. The zero-order valence-electron chi connectivity index (χ0n) is 10.6. The number of hydrogen-bond donors (Lipinski definition) is 2. The van der Waals surface area contributed by atoms with Gasteiger partial charge >= 0.3 is 5.97 Å². The molecule has 8 heteroatoms. The summed E-state index contributed by atoms with van der Waals surface area (Å²) in [5.74, 6) is -0.175. The number of carbonyl (C=O) groups is 1. The molecule has 0 radical (unpaired) electrons. The Bertz CT molecular complexity index is 644. The zero-order chi connectivity index (χ0) is 14.7. The largest absolute Gasteiger partial charge is 0.495 e. The lowest BCUT2D eigenvalue weighted by Crippen LogP contribution is -2.02. The van der Waals surface area contributed by atoms with Crippen molar-refractivity contribution in [1.29, 1.82) is 0 Å². The molecule has 0 atom stereocenters. The van der Waals surface area contributed by atoms with Gasteiger partial charge in [0.2, 0.25) is 0 Å². The van der Waals surface area contributed by atoms with E-state index in [4.69, 9.17) is 26.2 Å². The van der Waals surface area contributed by atoms with E-state index in [9.17, 15) is 4.79 Å². The molecule has 1 aromatic heterocycles. The highest BCUT2D eigenvalue weighted by atomic mass is 35.5. The van der Waals surface area contributed by atoms with Crippen LogP contribution in [0.4, 0.5) is 10.7 Å². The first-order chi connectivity index (χ1) is 9.56. The molecule has 2 rings (SSSR count). The van der Waals surface area contributed by atoms with Gasteiger partial charge in [-0.2, -0.15) is 0 Å². The molecule has 2 aromatic rings. The molecular weight excluding hydrogens is 304 g/mol. The van der Waals surface area contributed by atoms with E-state index in [1.165, 1.54) is 31.1 Å². The third-order valence-electron chi connectivity index (χ3n) is 2.49. The summed E-state index contributed by atoms with van der Waals surface area (Å²) in [6.07, 6.45) is 0. The average molecular weight is 315 g/mol. The third-order valence-corrected chi connectivity index (χ3v) is 3.53. The van der Waals surface area contributed by atoms with Crippen molar-refractivity contribution in [3.63, 3.8) is 0 Å². The van der Waals surface area contributed by atoms with E-state index in [-0.39, 0.29) is 5.69 Å². The predicted octanol–water partition coefficient (Wildman–Crippen LogP) is 3.26. The maximum Gasteiger partial charge on any atom is 0.357 e. The predicted molar refractivity (Wildman–Crippen MR) is 76.9 cm³/mol. The van der Waals surface area contributed by atoms with Crippen molar-refractivity contribution in [2.24, 2.45) is 0 Å². The van der Waals surface area contributed by atoms with Crippen LogP contribution in [-0.2, 0) is 0 Å². The molecule has 0 spiro atoms. The fraction of sp³-hybridized carbons (Fsp3) is 0.167. The number of rotatable bonds is 5. The minimum Gasteiger partial charge on any atom is -0.495 e. The lowest BCUT2D eigenvalue weighted by Gasteiger charge is -2.13. The molecule has 106 valence electrons. The summed E-state index contributed by atoms with van der Waals surface area (Å²) in [4.78, 5) is 14.8. The number of aromatic nitrogens is 1. The van der Waals surface area contributed by atoms with Gasteiger partial charge in [-0.25, -0.2) is 9.78 Å². The maximum atomic E-state index is 11.0. The van der Waals surface area contributed by atoms with Crippen molar-refractivity contribution >= 4 is 39.6 Å². The third kappa shape index (κ3) is 2.78. The molecule has 20 heavy (non-hydrogen) atoms. The number of methoxy groups -OCH3 is 2. The summed E-state index contributed by atoms with van der Waals surface area (Å²) in [6, 6.07) is 3.22. The normalized spacial score (nSPS) is 10.2. The summed E-state index contributed by atoms with van der Waals surface area (Å²) >= 11 is 7.18. The van der Waals surface area contributed by atoms with Crippen LogP contribution in [-0.4, -0.2) is 30.3 Å². The Morgan fingerprint density at radius 3 is 2.65 bits per heavy atom. The zero-order valence-corrected chi connectivity index (χ0v) is 12.2. The van der Waals surface area contributed by atoms with Crippen molar-refractivity contribution in [2.75, 3.05) is 19.5 Å². The van der Waals surface area contributed by atoms with Crippen molar-refractivity contribution in [1.82, 2.24) is 4.98 Å². The number of nitrogens with zero attached hydrogens (tertiary/aromatic N) is 1. The minimum atomic E-state index is -1.10. The standard InChI is InChI=1S/C12H11ClN2O4S/c1-18-8-4-7(9(19-2)3-6(8)13)15-11-10(12(16)17)14-5-20-11/h3-5,15H,1-2H3,(H,16,17). The van der Waals surface area contributed by atoms with Crippen molar-refractivity contribution in [2.45, 2.75) is 0 Å². The van der Waals surface area contributed by atoms with Gasteiger partial charge in [-0.3, -0.25) is 0 Å². The smallest absolute Gasteiger partial charge is 0.357 e. The van der Waals surface area contributed by atoms with Crippen LogP contribution >= 0.6 is 22.9 Å². The second kappa shape index (κ2) is 5.98. The number of carboxylic acid groups (broad SMARTS) is 1. The van der Waals surface area contributed by atoms with Gasteiger partial charge < -0.3 is 19.9 Å². The van der Waals surface area contributed by atoms with Crippen LogP contribution in [0.5, 0.6) is 11.5 Å².